The molecule has 1 amide bonds. The second-order valence-electron chi connectivity index (χ2n) is 7.83. The highest BCUT2D eigenvalue weighted by Crippen LogP contribution is 2.36. The van der Waals surface area contributed by atoms with Crippen molar-refractivity contribution < 1.29 is 19.1 Å². The summed E-state index contributed by atoms with van der Waals surface area (Å²) in [7, 11) is 0. The molecule has 0 atom stereocenters. The van der Waals surface area contributed by atoms with Crippen molar-refractivity contribution in [3.63, 3.8) is 0 Å². The lowest BCUT2D eigenvalue weighted by Gasteiger charge is -2.15. The molecule has 7 heteroatoms. The molecule has 0 spiro atoms. The number of benzene rings is 2. The van der Waals surface area contributed by atoms with Gasteiger partial charge in [0.05, 0.1) is 33.8 Å². The number of thiophene rings is 1. The van der Waals surface area contributed by atoms with Crippen LogP contribution >= 0.6 is 11.3 Å². The zero-order chi connectivity index (χ0) is 24.4. The zero-order valence-electron chi connectivity index (χ0n) is 19.4. The van der Waals surface area contributed by atoms with Gasteiger partial charge < -0.3 is 10.1 Å². The molecule has 1 N–H and O–H groups in total. The van der Waals surface area contributed by atoms with Gasteiger partial charge in [0.15, 0.2) is 5.78 Å². The average molecular weight is 473 g/mol. The van der Waals surface area contributed by atoms with E-state index >= 15 is 0 Å². The number of rotatable bonds is 6. The summed E-state index contributed by atoms with van der Waals surface area (Å²) in [6.07, 6.45) is 0. The summed E-state index contributed by atoms with van der Waals surface area (Å²) in [5.41, 5.74) is 4.21. The summed E-state index contributed by atoms with van der Waals surface area (Å²) in [6, 6.07) is 17.1. The van der Waals surface area contributed by atoms with Gasteiger partial charge in [-0.05, 0) is 44.9 Å². The Labute approximate surface area is 201 Å². The van der Waals surface area contributed by atoms with Gasteiger partial charge in [0.1, 0.15) is 5.00 Å². The molecule has 2 aromatic heterocycles. The number of anilines is 1. The van der Waals surface area contributed by atoms with Crippen LogP contribution in [0.15, 0.2) is 54.6 Å². The summed E-state index contributed by atoms with van der Waals surface area (Å²) in [5.74, 6) is -1.12. The van der Waals surface area contributed by atoms with Crippen LogP contribution < -0.4 is 5.32 Å². The van der Waals surface area contributed by atoms with Gasteiger partial charge in [0.2, 0.25) is 0 Å². The third-order valence-electron chi connectivity index (χ3n) is 5.58. The molecule has 0 saturated heterocycles. The van der Waals surface area contributed by atoms with Crippen LogP contribution in [0.1, 0.15) is 55.4 Å². The van der Waals surface area contributed by atoms with Gasteiger partial charge in [-0.15, -0.1) is 11.3 Å². The number of amides is 1. The third-order valence-corrected chi connectivity index (χ3v) is 6.89. The molecule has 2 heterocycles. The fourth-order valence-electron chi connectivity index (χ4n) is 4.03. The number of hydrogen-bond acceptors (Lipinski definition) is 6. The van der Waals surface area contributed by atoms with Crippen LogP contribution in [0, 0.1) is 13.8 Å². The van der Waals surface area contributed by atoms with E-state index < -0.39 is 5.97 Å². The largest absolute Gasteiger partial charge is 0.462 e. The van der Waals surface area contributed by atoms with Crippen LogP contribution in [-0.4, -0.2) is 29.3 Å². The van der Waals surface area contributed by atoms with Crippen molar-refractivity contribution in [1.29, 1.82) is 0 Å². The van der Waals surface area contributed by atoms with Crippen LogP contribution in [0.2, 0.25) is 0 Å². The number of carbonyl (C=O) groups is 3. The van der Waals surface area contributed by atoms with Crippen LogP contribution in [0.5, 0.6) is 0 Å². The highest BCUT2D eigenvalue weighted by atomic mass is 32.1. The first-order chi connectivity index (χ1) is 16.3. The van der Waals surface area contributed by atoms with E-state index in [1.807, 2.05) is 61.5 Å². The first-order valence-corrected chi connectivity index (χ1v) is 11.7. The molecule has 0 aliphatic carbocycles. The van der Waals surface area contributed by atoms with E-state index in [2.05, 4.69) is 5.32 Å². The SMILES string of the molecule is CCOC(=O)c1c(NC(=O)c2c(C)c(-c3ccccc3)nc3ccccc23)sc(C(C)=O)c1C. The number of esters is 1. The molecule has 0 unspecified atom stereocenters. The molecule has 0 bridgehead atoms. The van der Waals surface area contributed by atoms with Gasteiger partial charge in [-0.2, -0.15) is 0 Å². The second kappa shape index (κ2) is 9.57. The van der Waals surface area contributed by atoms with E-state index in [0.29, 0.717) is 37.6 Å². The Hall–Kier alpha value is -3.84. The van der Waals surface area contributed by atoms with E-state index in [9.17, 15) is 14.4 Å². The molecular formula is C27H24N2O4S. The van der Waals surface area contributed by atoms with Crippen molar-refractivity contribution in [1.82, 2.24) is 4.98 Å². The molecule has 2 aromatic carbocycles. The first kappa shape index (κ1) is 23.3. The number of para-hydroxylation sites is 1. The lowest BCUT2D eigenvalue weighted by atomic mass is 9.97. The van der Waals surface area contributed by atoms with Crippen LogP contribution in [-0.2, 0) is 4.74 Å². The zero-order valence-corrected chi connectivity index (χ0v) is 20.2. The monoisotopic (exact) mass is 472 g/mol. The lowest BCUT2D eigenvalue weighted by Crippen LogP contribution is -2.17. The second-order valence-corrected chi connectivity index (χ2v) is 8.86. The summed E-state index contributed by atoms with van der Waals surface area (Å²) >= 11 is 1.09. The normalized spacial score (nSPS) is 10.8. The van der Waals surface area contributed by atoms with Crippen molar-refractivity contribution in [2.45, 2.75) is 27.7 Å². The van der Waals surface area contributed by atoms with E-state index in [-0.39, 0.29) is 23.9 Å². The van der Waals surface area contributed by atoms with E-state index in [4.69, 9.17) is 9.72 Å². The van der Waals surface area contributed by atoms with Gasteiger partial charge >= 0.3 is 5.97 Å². The lowest BCUT2D eigenvalue weighted by molar-refractivity contribution is 0.0527. The Bertz CT molecular complexity index is 1420. The number of pyridine rings is 1. The van der Waals surface area contributed by atoms with Crippen LogP contribution in [0.25, 0.3) is 22.2 Å². The molecule has 0 radical (unpaired) electrons. The number of nitrogens with one attached hydrogen (secondary N) is 1. The Morgan fingerprint density at radius 1 is 0.941 bits per heavy atom. The highest BCUT2D eigenvalue weighted by Gasteiger charge is 2.27. The minimum Gasteiger partial charge on any atom is -0.462 e. The van der Waals surface area contributed by atoms with Gasteiger partial charge in [-0.25, -0.2) is 9.78 Å². The number of nitrogens with zero attached hydrogens (tertiary/aromatic N) is 1. The van der Waals surface area contributed by atoms with Gasteiger partial charge in [-0.1, -0.05) is 48.5 Å². The number of ketones is 1. The molecule has 6 nitrogen and oxygen atoms in total. The Morgan fingerprint density at radius 2 is 1.62 bits per heavy atom. The number of fused-ring (bicyclic) bond motifs is 1. The molecule has 34 heavy (non-hydrogen) atoms. The van der Waals surface area contributed by atoms with Gasteiger partial charge in [-0.3, -0.25) is 9.59 Å². The quantitative estimate of drug-likeness (QED) is 0.266. The fraction of sp³-hybridized carbons (Fsp3) is 0.185. The topological polar surface area (TPSA) is 85.4 Å². The standard InChI is InChI=1S/C27H24N2O4S/c1-5-33-27(32)22-16(3)24(17(4)30)34-26(22)29-25(31)21-15(2)23(18-11-7-6-8-12-18)28-20-14-10-9-13-19(20)21/h6-14H,5H2,1-4H3,(H,29,31). The molecular weight excluding hydrogens is 448 g/mol. The maximum absolute atomic E-state index is 13.7. The van der Waals surface area contributed by atoms with E-state index in [1.165, 1.54) is 6.92 Å². The molecule has 172 valence electrons. The summed E-state index contributed by atoms with van der Waals surface area (Å²) < 4.78 is 5.20. The maximum atomic E-state index is 13.7. The van der Waals surface area contributed by atoms with Crippen molar-refractivity contribution in [2.24, 2.45) is 0 Å². The molecule has 0 saturated carbocycles. The summed E-state index contributed by atoms with van der Waals surface area (Å²) in [6.45, 7) is 6.89. The number of aromatic nitrogens is 1. The Morgan fingerprint density at radius 3 is 2.29 bits per heavy atom. The average Bonchev–Trinajstić information content (AvgIpc) is 3.15. The number of carbonyl (C=O) groups excluding carboxylic acids is 3. The summed E-state index contributed by atoms with van der Waals surface area (Å²) in [4.78, 5) is 43.7. The predicted octanol–water partition coefficient (Wildman–Crippen LogP) is 6.21. The van der Waals surface area contributed by atoms with Gasteiger partial charge in [0, 0.05) is 10.9 Å². The predicted molar refractivity (Wildman–Crippen MR) is 135 cm³/mol. The molecule has 0 fully saturated rings. The molecule has 0 aliphatic rings. The third kappa shape index (κ3) is 4.22. The number of Topliss-reactive ketones (excluding diaryl/α,β-unsaturated/α-hetero) is 1. The van der Waals surface area contributed by atoms with Gasteiger partial charge in [0.25, 0.3) is 5.91 Å². The van der Waals surface area contributed by atoms with E-state index in [1.54, 1.807) is 13.8 Å². The summed E-state index contributed by atoms with van der Waals surface area (Å²) in [5, 5.41) is 3.90. The van der Waals surface area contributed by atoms with Crippen molar-refractivity contribution >= 4 is 44.9 Å². The van der Waals surface area contributed by atoms with Crippen molar-refractivity contribution in [3.05, 3.63) is 81.7 Å². The van der Waals surface area contributed by atoms with Crippen LogP contribution in [0.4, 0.5) is 5.00 Å². The van der Waals surface area contributed by atoms with E-state index in [0.717, 1.165) is 22.5 Å². The molecule has 4 aromatic rings. The number of hydrogen-bond donors (Lipinski definition) is 1. The maximum Gasteiger partial charge on any atom is 0.341 e. The highest BCUT2D eigenvalue weighted by molar-refractivity contribution is 7.18. The minimum atomic E-state index is -0.569. The van der Waals surface area contributed by atoms with Crippen molar-refractivity contribution in [2.75, 3.05) is 11.9 Å². The smallest absolute Gasteiger partial charge is 0.341 e. The Kier molecular flexibility index (Phi) is 6.56. The molecule has 4 rings (SSSR count). The fourth-order valence-corrected chi connectivity index (χ4v) is 5.11. The Balaban J connectivity index is 1.86. The first-order valence-electron chi connectivity index (χ1n) is 10.9. The van der Waals surface area contributed by atoms with Crippen molar-refractivity contribution in [3.8, 4) is 11.3 Å². The molecule has 0 aliphatic heterocycles. The van der Waals surface area contributed by atoms with Crippen LogP contribution in [0.3, 0.4) is 0 Å². The number of ether oxygens (including phenoxy) is 1. The minimum absolute atomic E-state index is 0.176.